The van der Waals surface area contributed by atoms with Gasteiger partial charge in [0.15, 0.2) is 0 Å². The molecule has 0 N–H and O–H groups in total. The third kappa shape index (κ3) is 6.44. The number of aryl methyl sites for hydroxylation is 2. The Hall–Kier alpha value is -1.20. The monoisotopic (exact) mass is 498 g/mol. The second-order valence-electron chi connectivity index (χ2n) is 8.48. The van der Waals surface area contributed by atoms with Crippen LogP contribution in [-0.4, -0.2) is 0 Å². The average Bonchev–Trinajstić information content (AvgIpc) is 3.60. The molecule has 0 aromatic carbocycles. The maximum Gasteiger partial charge on any atom is 0.0449 e. The first-order chi connectivity index (χ1) is 15.8. The summed E-state index contributed by atoms with van der Waals surface area (Å²) in [6, 6.07) is 18.6. The fraction of sp³-hybridized carbons (Fsp3) is 0.429. The zero-order valence-electron chi connectivity index (χ0n) is 19.3. The van der Waals surface area contributed by atoms with Gasteiger partial charge in [-0.05, 0) is 74.2 Å². The molecule has 4 aromatic rings. The SMILES string of the molecule is CCCCCCc1ccc(-c2ccc(-c3ccc(-c4ccc(CCCCCC)s4)s3)s2)s1. The molecule has 0 amide bonds. The van der Waals surface area contributed by atoms with Crippen molar-refractivity contribution in [3.05, 3.63) is 58.3 Å². The summed E-state index contributed by atoms with van der Waals surface area (Å²) in [7, 11) is 0. The second-order valence-corrected chi connectivity index (χ2v) is 13.0. The predicted octanol–water partition coefficient (Wildman–Crippen LogP) is 11.2. The van der Waals surface area contributed by atoms with E-state index in [1.54, 1.807) is 0 Å². The minimum atomic E-state index is 1.23. The van der Waals surface area contributed by atoms with Crippen LogP contribution in [-0.2, 0) is 12.8 Å². The normalized spacial score (nSPS) is 11.4. The van der Waals surface area contributed by atoms with Gasteiger partial charge in [0.2, 0.25) is 0 Å². The molecule has 0 nitrogen and oxygen atoms in total. The van der Waals surface area contributed by atoms with Crippen LogP contribution in [0, 0.1) is 0 Å². The minimum absolute atomic E-state index is 1.23. The number of hydrogen-bond donors (Lipinski definition) is 0. The lowest BCUT2D eigenvalue weighted by molar-refractivity contribution is 0.670. The zero-order valence-corrected chi connectivity index (χ0v) is 22.6. The van der Waals surface area contributed by atoms with Crippen LogP contribution in [0.25, 0.3) is 29.3 Å². The van der Waals surface area contributed by atoms with Crippen molar-refractivity contribution in [2.24, 2.45) is 0 Å². The molecule has 4 rings (SSSR count). The first-order valence-electron chi connectivity index (χ1n) is 12.1. The smallest absolute Gasteiger partial charge is 0.0449 e. The molecule has 4 heteroatoms. The molecule has 0 bridgehead atoms. The van der Waals surface area contributed by atoms with Gasteiger partial charge in [0.05, 0.1) is 0 Å². The van der Waals surface area contributed by atoms with E-state index in [-0.39, 0.29) is 0 Å². The van der Waals surface area contributed by atoms with Gasteiger partial charge in [-0.1, -0.05) is 52.4 Å². The number of unbranched alkanes of at least 4 members (excludes halogenated alkanes) is 6. The molecule has 32 heavy (non-hydrogen) atoms. The third-order valence-corrected chi connectivity index (χ3v) is 10.9. The summed E-state index contributed by atoms with van der Waals surface area (Å²) in [5, 5.41) is 0. The quantitative estimate of drug-likeness (QED) is 0.161. The van der Waals surface area contributed by atoms with Gasteiger partial charge in [-0.2, -0.15) is 0 Å². The highest BCUT2D eigenvalue weighted by molar-refractivity contribution is 7.28. The number of thiophene rings is 4. The molecule has 0 saturated heterocycles. The van der Waals surface area contributed by atoms with Gasteiger partial charge in [0, 0.05) is 39.0 Å². The van der Waals surface area contributed by atoms with Crippen LogP contribution in [0.1, 0.15) is 75.0 Å². The summed E-state index contributed by atoms with van der Waals surface area (Å²) in [6.07, 6.45) is 13.2. The van der Waals surface area contributed by atoms with E-state index in [1.807, 2.05) is 45.3 Å². The van der Waals surface area contributed by atoms with Crippen LogP contribution in [0.4, 0.5) is 0 Å². The van der Waals surface area contributed by atoms with Gasteiger partial charge in [-0.25, -0.2) is 0 Å². The molecular formula is C28H34S4. The molecule has 170 valence electrons. The van der Waals surface area contributed by atoms with Gasteiger partial charge in [-0.15, -0.1) is 45.3 Å². The van der Waals surface area contributed by atoms with Gasteiger partial charge in [0.1, 0.15) is 0 Å². The van der Waals surface area contributed by atoms with E-state index in [0.717, 1.165) is 0 Å². The van der Waals surface area contributed by atoms with Crippen molar-refractivity contribution in [1.29, 1.82) is 0 Å². The molecule has 0 atom stereocenters. The van der Waals surface area contributed by atoms with Crippen molar-refractivity contribution in [2.45, 2.75) is 78.1 Å². The zero-order chi connectivity index (χ0) is 22.2. The van der Waals surface area contributed by atoms with Crippen molar-refractivity contribution < 1.29 is 0 Å². The van der Waals surface area contributed by atoms with Crippen LogP contribution in [0.3, 0.4) is 0 Å². The molecule has 0 radical (unpaired) electrons. The summed E-state index contributed by atoms with van der Waals surface area (Å²) < 4.78 is 0. The summed E-state index contributed by atoms with van der Waals surface area (Å²) in [6.45, 7) is 4.56. The molecule has 0 aliphatic carbocycles. The van der Waals surface area contributed by atoms with Crippen molar-refractivity contribution in [3.8, 4) is 29.3 Å². The predicted molar refractivity (Wildman–Crippen MR) is 150 cm³/mol. The Bertz CT molecular complexity index is 988. The molecular weight excluding hydrogens is 465 g/mol. The van der Waals surface area contributed by atoms with Crippen LogP contribution >= 0.6 is 45.3 Å². The molecule has 4 heterocycles. The number of rotatable bonds is 13. The topological polar surface area (TPSA) is 0 Å². The minimum Gasteiger partial charge on any atom is -0.139 e. The molecule has 0 saturated carbocycles. The first kappa shape index (κ1) is 23.9. The Morgan fingerprint density at radius 3 is 1.12 bits per heavy atom. The lowest BCUT2D eigenvalue weighted by Gasteiger charge is -1.97. The Kier molecular flexibility index (Phi) is 9.21. The summed E-state index contributed by atoms with van der Waals surface area (Å²) in [5.74, 6) is 0. The van der Waals surface area contributed by atoms with Crippen LogP contribution in [0.2, 0.25) is 0 Å². The highest BCUT2D eigenvalue weighted by Gasteiger charge is 2.12. The lowest BCUT2D eigenvalue weighted by Crippen LogP contribution is -1.80. The summed E-state index contributed by atoms with van der Waals surface area (Å²) in [4.78, 5) is 11.5. The Morgan fingerprint density at radius 2 is 0.750 bits per heavy atom. The largest absolute Gasteiger partial charge is 0.139 e. The van der Waals surface area contributed by atoms with Crippen LogP contribution < -0.4 is 0 Å². The average molecular weight is 499 g/mol. The highest BCUT2D eigenvalue weighted by atomic mass is 32.1. The molecule has 4 aromatic heterocycles. The van der Waals surface area contributed by atoms with E-state index in [1.165, 1.54) is 103 Å². The van der Waals surface area contributed by atoms with E-state index in [2.05, 4.69) is 62.4 Å². The molecule has 0 spiro atoms. The standard InChI is InChI=1S/C28H34S4/c1-3-5-7-9-11-21-13-15-23(29-21)25-17-19-27(31-25)28-20-18-26(32-28)24-16-14-22(30-24)12-10-8-6-4-2/h13-20H,3-12H2,1-2H3. The fourth-order valence-electron chi connectivity index (χ4n) is 3.95. The molecule has 0 aliphatic rings. The van der Waals surface area contributed by atoms with Crippen LogP contribution in [0.5, 0.6) is 0 Å². The second kappa shape index (κ2) is 12.3. The highest BCUT2D eigenvalue weighted by Crippen LogP contribution is 2.43. The molecule has 0 fully saturated rings. The van der Waals surface area contributed by atoms with E-state index < -0.39 is 0 Å². The summed E-state index contributed by atoms with van der Waals surface area (Å²) >= 11 is 7.84. The first-order valence-corrected chi connectivity index (χ1v) is 15.4. The Labute approximate surface area is 210 Å². The lowest BCUT2D eigenvalue weighted by atomic mass is 10.1. The van der Waals surface area contributed by atoms with E-state index in [4.69, 9.17) is 0 Å². The maximum atomic E-state index is 2.34. The van der Waals surface area contributed by atoms with Gasteiger partial charge >= 0.3 is 0 Å². The van der Waals surface area contributed by atoms with Crippen molar-refractivity contribution in [3.63, 3.8) is 0 Å². The summed E-state index contributed by atoms with van der Waals surface area (Å²) in [5.41, 5.74) is 0. The van der Waals surface area contributed by atoms with Gasteiger partial charge in [0.25, 0.3) is 0 Å². The number of hydrogen-bond acceptors (Lipinski definition) is 4. The Balaban J connectivity index is 1.37. The van der Waals surface area contributed by atoms with E-state index in [0.29, 0.717) is 0 Å². The third-order valence-electron chi connectivity index (χ3n) is 5.82. The molecule has 0 unspecified atom stereocenters. The fourth-order valence-corrected chi connectivity index (χ4v) is 8.33. The van der Waals surface area contributed by atoms with E-state index in [9.17, 15) is 0 Å². The van der Waals surface area contributed by atoms with Gasteiger partial charge < -0.3 is 0 Å². The Morgan fingerprint density at radius 1 is 0.406 bits per heavy atom. The van der Waals surface area contributed by atoms with Crippen molar-refractivity contribution in [2.75, 3.05) is 0 Å². The van der Waals surface area contributed by atoms with Crippen LogP contribution in [0.15, 0.2) is 48.5 Å². The van der Waals surface area contributed by atoms with Crippen molar-refractivity contribution in [1.82, 2.24) is 0 Å². The van der Waals surface area contributed by atoms with E-state index >= 15 is 0 Å². The van der Waals surface area contributed by atoms with Crippen molar-refractivity contribution >= 4 is 45.3 Å². The molecule has 0 aliphatic heterocycles. The van der Waals surface area contributed by atoms with Gasteiger partial charge in [-0.3, -0.25) is 0 Å². The maximum absolute atomic E-state index is 2.34.